The molecule has 9 rings (SSSR count). The van der Waals surface area contributed by atoms with Gasteiger partial charge in [0.05, 0.1) is 33.2 Å². The summed E-state index contributed by atoms with van der Waals surface area (Å²) in [4.78, 5) is 59.3. The van der Waals surface area contributed by atoms with E-state index in [1.807, 2.05) is 107 Å². The number of carboxylic acid groups (broad SMARTS) is 1. The van der Waals surface area contributed by atoms with Crippen molar-refractivity contribution in [1.29, 1.82) is 0 Å². The Bertz CT molecular complexity index is 3120. The number of carbonyl (C=O) groups excluding carboxylic acids is 2. The third-order valence-corrected chi connectivity index (χ3v) is 12.5. The maximum atomic E-state index is 14.8. The highest BCUT2D eigenvalue weighted by molar-refractivity contribution is 6.31. The largest absolute Gasteiger partial charge is 0.478 e. The number of hydrogen-bond donors (Lipinski definition) is 2. The van der Waals surface area contributed by atoms with Crippen molar-refractivity contribution in [3.63, 3.8) is 0 Å². The summed E-state index contributed by atoms with van der Waals surface area (Å²) in [7, 11) is 0. The second-order valence-corrected chi connectivity index (χ2v) is 17.9. The molecule has 0 atom stereocenters. The lowest BCUT2D eigenvalue weighted by atomic mass is 9.85. The maximum Gasteiger partial charge on any atom is 0.337 e. The molecule has 0 radical (unpaired) electrons. The van der Waals surface area contributed by atoms with Crippen molar-refractivity contribution in [1.82, 2.24) is 24.8 Å². The van der Waals surface area contributed by atoms with E-state index in [1.54, 1.807) is 41.4 Å². The fourth-order valence-corrected chi connectivity index (χ4v) is 9.43. The lowest BCUT2D eigenvalue weighted by Gasteiger charge is -2.28. The van der Waals surface area contributed by atoms with Gasteiger partial charge in [0.15, 0.2) is 0 Å². The van der Waals surface area contributed by atoms with Crippen molar-refractivity contribution in [2.24, 2.45) is 0 Å². The van der Waals surface area contributed by atoms with Crippen LogP contribution in [0.15, 0.2) is 115 Å². The zero-order valence-corrected chi connectivity index (χ0v) is 37.4. The van der Waals surface area contributed by atoms with Crippen molar-refractivity contribution in [3.8, 4) is 33.6 Å². The Labute approximate surface area is 380 Å². The van der Waals surface area contributed by atoms with Gasteiger partial charge in [0.1, 0.15) is 11.5 Å². The van der Waals surface area contributed by atoms with Gasteiger partial charge in [-0.15, -0.1) is 0 Å². The molecule has 0 spiro atoms. The van der Waals surface area contributed by atoms with E-state index in [0.717, 1.165) is 59.6 Å². The van der Waals surface area contributed by atoms with E-state index in [4.69, 9.17) is 33.2 Å². The van der Waals surface area contributed by atoms with Crippen LogP contribution in [0.5, 0.6) is 0 Å². The Morgan fingerprint density at radius 3 is 2.05 bits per heavy atom. The van der Waals surface area contributed by atoms with Crippen molar-refractivity contribution in [3.05, 3.63) is 142 Å². The van der Waals surface area contributed by atoms with Gasteiger partial charge in [-0.1, -0.05) is 72.8 Å². The van der Waals surface area contributed by atoms with E-state index in [-0.39, 0.29) is 35.2 Å². The summed E-state index contributed by atoms with van der Waals surface area (Å²) in [6.45, 7) is 7.62. The number of aromatic carboxylic acids is 1. The molecule has 1 aliphatic carbocycles. The molecule has 1 aliphatic rings. The van der Waals surface area contributed by atoms with E-state index >= 15 is 0 Å². The topological polar surface area (TPSA) is 130 Å². The first-order valence-corrected chi connectivity index (χ1v) is 22.4. The molecule has 2 N–H and O–H groups in total. The number of hydrogen-bond acceptors (Lipinski definition) is 6. The number of amides is 2. The average molecular weight is 890 g/mol. The summed E-state index contributed by atoms with van der Waals surface area (Å²) >= 11 is 12.6. The minimum atomic E-state index is -1.25. The Kier molecular flexibility index (Phi) is 11.7. The lowest BCUT2D eigenvalue weighted by molar-refractivity contribution is 0.0691. The number of halogens is 2. The summed E-state index contributed by atoms with van der Waals surface area (Å²) < 4.78 is 2.25. The van der Waals surface area contributed by atoms with E-state index < -0.39 is 11.9 Å². The Morgan fingerprint density at radius 2 is 1.36 bits per heavy atom. The third-order valence-electron chi connectivity index (χ3n) is 12.0. The van der Waals surface area contributed by atoms with Crippen LogP contribution in [0.25, 0.3) is 66.5 Å². The molecular formula is C52H46Cl2N6O4. The monoisotopic (exact) mass is 888 g/mol. The fraction of sp³-hybridized carbons (Fsp3) is 0.231. The first kappa shape index (κ1) is 42.7. The minimum absolute atomic E-state index is 0.0196. The molecule has 8 aromatic rings. The zero-order chi connectivity index (χ0) is 44.8. The number of rotatable bonds is 10. The number of aromatic nitrogens is 4. The molecule has 2 amide bonds. The molecule has 0 saturated heterocycles. The van der Waals surface area contributed by atoms with Crippen molar-refractivity contribution in [2.75, 3.05) is 4.90 Å². The molecule has 64 heavy (non-hydrogen) atoms. The van der Waals surface area contributed by atoms with Crippen LogP contribution in [0.1, 0.15) is 97.0 Å². The first-order valence-electron chi connectivity index (χ1n) is 21.7. The standard InChI is InChI=1S/C52H46Cl2N6O4/c1-29(2)56-50(61)45-44(31-12-17-36(53)18-13-31)48-47(43(46(45)52(63)64)34-15-23-40-32(27-34)9-8-26-55-40)58-49(60(48)38-10-6-5-7-11-38)35-16-24-41-33(28-35)14-25-42(57-41)51(62)59(30(3)4)39-21-19-37(54)20-22-39/h8-9,12-30,38H,5-7,10-11H2,1-4H3,(H,56,61)(H,63,64). The van der Waals surface area contributed by atoms with Gasteiger partial charge < -0.3 is 19.9 Å². The number of imidazole rings is 1. The van der Waals surface area contributed by atoms with Crippen LogP contribution in [-0.2, 0) is 0 Å². The summed E-state index contributed by atoms with van der Waals surface area (Å²) in [5.41, 5.74) is 6.25. The molecule has 12 heteroatoms. The fourth-order valence-electron chi connectivity index (χ4n) is 9.17. The Hall–Kier alpha value is -6.62. The van der Waals surface area contributed by atoms with Gasteiger partial charge in [0.2, 0.25) is 0 Å². The quantitative estimate of drug-likeness (QED) is 0.140. The average Bonchev–Trinajstić information content (AvgIpc) is 3.69. The van der Waals surface area contributed by atoms with E-state index in [1.165, 1.54) is 0 Å². The summed E-state index contributed by atoms with van der Waals surface area (Å²) in [6, 6.07) is 32.8. The number of benzene rings is 5. The van der Waals surface area contributed by atoms with E-state index in [9.17, 15) is 19.5 Å². The highest BCUT2D eigenvalue weighted by atomic mass is 35.5. The highest BCUT2D eigenvalue weighted by Crippen LogP contribution is 2.47. The van der Waals surface area contributed by atoms with Gasteiger partial charge in [0, 0.05) is 67.5 Å². The Morgan fingerprint density at radius 1 is 0.719 bits per heavy atom. The van der Waals surface area contributed by atoms with Gasteiger partial charge in [-0.3, -0.25) is 14.6 Å². The van der Waals surface area contributed by atoms with E-state index in [0.29, 0.717) is 60.4 Å². The van der Waals surface area contributed by atoms with Crippen LogP contribution in [-0.4, -0.2) is 54.5 Å². The molecule has 322 valence electrons. The molecule has 3 heterocycles. The normalized spacial score (nSPS) is 13.3. The molecule has 1 fully saturated rings. The van der Waals surface area contributed by atoms with Crippen LogP contribution in [0.4, 0.5) is 5.69 Å². The smallest absolute Gasteiger partial charge is 0.337 e. The maximum absolute atomic E-state index is 14.8. The van der Waals surface area contributed by atoms with E-state index in [2.05, 4.69) is 14.9 Å². The molecule has 3 aromatic heterocycles. The second-order valence-electron chi connectivity index (χ2n) is 17.0. The number of nitrogens with zero attached hydrogens (tertiary/aromatic N) is 5. The van der Waals surface area contributed by atoms with Crippen molar-refractivity contribution >= 4 is 79.5 Å². The van der Waals surface area contributed by atoms with Gasteiger partial charge in [-0.05, 0) is 131 Å². The predicted octanol–water partition coefficient (Wildman–Crippen LogP) is 12.8. The molecule has 10 nitrogen and oxygen atoms in total. The number of carboxylic acids is 1. The second kappa shape index (κ2) is 17.5. The molecule has 0 bridgehead atoms. The summed E-state index contributed by atoms with van der Waals surface area (Å²) in [5.74, 6) is -1.36. The lowest BCUT2D eigenvalue weighted by Crippen LogP contribution is -2.37. The highest BCUT2D eigenvalue weighted by Gasteiger charge is 2.35. The van der Waals surface area contributed by atoms with Crippen LogP contribution in [0.3, 0.4) is 0 Å². The van der Waals surface area contributed by atoms with Crippen molar-refractivity contribution < 1.29 is 19.5 Å². The molecule has 1 saturated carbocycles. The summed E-state index contributed by atoms with van der Waals surface area (Å²) in [5, 5.41) is 17.1. The van der Waals surface area contributed by atoms with Gasteiger partial charge in [-0.25, -0.2) is 14.8 Å². The first-order chi connectivity index (χ1) is 30.9. The van der Waals surface area contributed by atoms with Crippen LogP contribution in [0, 0.1) is 0 Å². The minimum Gasteiger partial charge on any atom is -0.478 e. The predicted molar refractivity (Wildman–Crippen MR) is 257 cm³/mol. The number of carbonyl (C=O) groups is 3. The molecule has 0 unspecified atom stereocenters. The SMILES string of the molecule is CC(C)NC(=O)c1c(C(=O)O)c(-c2ccc3ncccc3c2)c2nc(-c3ccc4nc(C(=O)N(c5ccc(Cl)cc5)C(C)C)ccc4c3)n(C3CCCCC3)c2c1-c1ccc(Cl)cc1. The number of pyridine rings is 2. The van der Waals surface area contributed by atoms with Crippen molar-refractivity contribution in [2.45, 2.75) is 77.9 Å². The number of fused-ring (bicyclic) bond motifs is 3. The van der Waals surface area contributed by atoms with Gasteiger partial charge in [-0.2, -0.15) is 0 Å². The number of nitrogens with one attached hydrogen (secondary N) is 1. The van der Waals surface area contributed by atoms with Gasteiger partial charge in [0.25, 0.3) is 11.8 Å². The Balaban J connectivity index is 1.33. The van der Waals surface area contributed by atoms with Crippen LogP contribution < -0.4 is 10.2 Å². The third kappa shape index (κ3) is 7.97. The summed E-state index contributed by atoms with van der Waals surface area (Å²) in [6.07, 6.45) is 6.55. The molecule has 5 aromatic carbocycles. The van der Waals surface area contributed by atoms with Crippen LogP contribution in [0.2, 0.25) is 10.0 Å². The zero-order valence-electron chi connectivity index (χ0n) is 35.9. The van der Waals surface area contributed by atoms with Crippen LogP contribution >= 0.6 is 23.2 Å². The number of anilines is 1. The molecule has 0 aliphatic heterocycles. The molecular weight excluding hydrogens is 844 g/mol. The van der Waals surface area contributed by atoms with Gasteiger partial charge >= 0.3 is 5.97 Å².